The van der Waals surface area contributed by atoms with Crippen LogP contribution in [0.2, 0.25) is 0 Å². The summed E-state index contributed by atoms with van der Waals surface area (Å²) in [7, 11) is 0. The van der Waals surface area contributed by atoms with Crippen LogP contribution in [0.1, 0.15) is 78.7 Å². The Labute approximate surface area is 233 Å². The van der Waals surface area contributed by atoms with Crippen molar-refractivity contribution in [1.29, 1.82) is 5.26 Å². The SMILES string of the molecule is CC(C)(C)C(NC(=O)c1nn(Cc2ccc(C#N)cc2)c2c(F)cccc12)C(=O)CCC1CCc2ccccc21. The van der Waals surface area contributed by atoms with Crippen molar-refractivity contribution >= 4 is 22.6 Å². The van der Waals surface area contributed by atoms with E-state index in [2.05, 4.69) is 34.7 Å². The second-order valence-electron chi connectivity index (χ2n) is 11.7. The Kier molecular flexibility index (Phi) is 7.53. The molecule has 0 radical (unpaired) electrons. The van der Waals surface area contributed by atoms with Crippen LogP contribution in [-0.4, -0.2) is 27.5 Å². The zero-order valence-corrected chi connectivity index (χ0v) is 23.1. The minimum Gasteiger partial charge on any atom is -0.340 e. The van der Waals surface area contributed by atoms with Crippen molar-refractivity contribution in [2.24, 2.45) is 5.41 Å². The number of aryl methyl sites for hydroxylation is 1. The van der Waals surface area contributed by atoms with Crippen LogP contribution in [0.15, 0.2) is 66.7 Å². The van der Waals surface area contributed by atoms with Gasteiger partial charge in [-0.05, 0) is 65.5 Å². The summed E-state index contributed by atoms with van der Waals surface area (Å²) in [4.78, 5) is 27.1. The van der Waals surface area contributed by atoms with Crippen LogP contribution in [0.5, 0.6) is 0 Å². The van der Waals surface area contributed by atoms with Gasteiger partial charge in [-0.25, -0.2) is 4.39 Å². The van der Waals surface area contributed by atoms with Gasteiger partial charge in [-0.3, -0.25) is 14.3 Å². The van der Waals surface area contributed by atoms with Gasteiger partial charge in [-0.15, -0.1) is 0 Å². The second-order valence-corrected chi connectivity index (χ2v) is 11.7. The highest BCUT2D eigenvalue weighted by Crippen LogP contribution is 2.36. The number of hydrogen-bond acceptors (Lipinski definition) is 4. The summed E-state index contributed by atoms with van der Waals surface area (Å²) in [6, 6.07) is 21.3. The van der Waals surface area contributed by atoms with E-state index in [9.17, 15) is 14.0 Å². The first-order valence-corrected chi connectivity index (χ1v) is 13.7. The molecule has 0 bridgehead atoms. The topological polar surface area (TPSA) is 87.8 Å². The molecule has 3 aromatic carbocycles. The van der Waals surface area contributed by atoms with Gasteiger partial charge in [-0.2, -0.15) is 10.4 Å². The number of Topliss-reactive ketones (excluding diaryl/α,β-unsaturated/α-hetero) is 1. The number of hydrogen-bond donors (Lipinski definition) is 1. The predicted molar refractivity (Wildman–Crippen MR) is 152 cm³/mol. The van der Waals surface area contributed by atoms with E-state index in [-0.39, 0.29) is 23.5 Å². The summed E-state index contributed by atoms with van der Waals surface area (Å²) in [5.74, 6) is -0.661. The van der Waals surface area contributed by atoms with E-state index in [4.69, 9.17) is 5.26 Å². The lowest BCUT2D eigenvalue weighted by molar-refractivity contribution is -0.123. The second kappa shape index (κ2) is 11.1. The van der Waals surface area contributed by atoms with E-state index in [1.807, 2.05) is 26.8 Å². The van der Waals surface area contributed by atoms with E-state index < -0.39 is 23.2 Å². The summed E-state index contributed by atoms with van der Waals surface area (Å²) < 4.78 is 16.5. The number of ketones is 1. The third-order valence-corrected chi connectivity index (χ3v) is 7.81. The maximum Gasteiger partial charge on any atom is 0.273 e. The molecule has 1 aliphatic carbocycles. The minimum atomic E-state index is -0.719. The Bertz CT molecular complexity index is 1610. The van der Waals surface area contributed by atoms with E-state index in [1.54, 1.807) is 36.4 Å². The lowest BCUT2D eigenvalue weighted by atomic mass is 9.81. The third-order valence-electron chi connectivity index (χ3n) is 7.81. The number of carbonyl (C=O) groups is 2. The molecule has 1 amide bonds. The highest BCUT2D eigenvalue weighted by molar-refractivity contribution is 6.06. The fourth-order valence-electron chi connectivity index (χ4n) is 5.72. The van der Waals surface area contributed by atoms with Crippen molar-refractivity contribution in [3.8, 4) is 6.07 Å². The van der Waals surface area contributed by atoms with Crippen LogP contribution in [0.25, 0.3) is 10.9 Å². The van der Waals surface area contributed by atoms with Crippen molar-refractivity contribution in [3.63, 3.8) is 0 Å². The van der Waals surface area contributed by atoms with E-state index in [0.29, 0.717) is 23.3 Å². The molecule has 0 saturated heterocycles. The van der Waals surface area contributed by atoms with Crippen LogP contribution in [0, 0.1) is 22.6 Å². The largest absolute Gasteiger partial charge is 0.340 e. The molecule has 0 fully saturated rings. The van der Waals surface area contributed by atoms with E-state index in [1.165, 1.54) is 21.9 Å². The molecule has 0 aliphatic heterocycles. The molecule has 0 saturated carbocycles. The number of rotatable bonds is 8. The van der Waals surface area contributed by atoms with Crippen molar-refractivity contribution in [3.05, 3.63) is 100 Å². The molecule has 4 aromatic rings. The van der Waals surface area contributed by atoms with Gasteiger partial charge < -0.3 is 5.32 Å². The molecule has 6 nitrogen and oxygen atoms in total. The van der Waals surface area contributed by atoms with Crippen LogP contribution in [-0.2, 0) is 17.8 Å². The zero-order valence-electron chi connectivity index (χ0n) is 23.1. The highest BCUT2D eigenvalue weighted by atomic mass is 19.1. The van der Waals surface area contributed by atoms with Gasteiger partial charge in [0, 0.05) is 11.8 Å². The molecular formula is C33H33FN4O2. The smallest absolute Gasteiger partial charge is 0.273 e. The van der Waals surface area contributed by atoms with Crippen molar-refractivity contribution in [2.45, 2.75) is 65.0 Å². The number of amides is 1. The van der Waals surface area contributed by atoms with E-state index >= 15 is 0 Å². The van der Waals surface area contributed by atoms with Gasteiger partial charge in [0.25, 0.3) is 5.91 Å². The first kappa shape index (κ1) is 27.3. The Balaban J connectivity index is 1.37. The fraction of sp³-hybridized carbons (Fsp3) is 0.333. The molecule has 1 aliphatic rings. The van der Waals surface area contributed by atoms with Gasteiger partial charge in [0.1, 0.15) is 11.3 Å². The summed E-state index contributed by atoms with van der Waals surface area (Å²) in [5.41, 5.74) is 3.80. The normalized spacial score (nSPS) is 15.4. The fourth-order valence-corrected chi connectivity index (χ4v) is 5.72. The van der Waals surface area contributed by atoms with Gasteiger partial charge in [0.05, 0.1) is 24.2 Å². The molecule has 1 heterocycles. The Morgan fingerprint density at radius 1 is 1.10 bits per heavy atom. The number of fused-ring (bicyclic) bond motifs is 2. The van der Waals surface area contributed by atoms with Crippen LogP contribution >= 0.6 is 0 Å². The molecule has 0 spiro atoms. The van der Waals surface area contributed by atoms with Crippen molar-refractivity contribution < 1.29 is 14.0 Å². The number of carbonyl (C=O) groups excluding carboxylic acids is 2. The number of aromatic nitrogens is 2. The van der Waals surface area contributed by atoms with Crippen LogP contribution < -0.4 is 5.32 Å². The standard InChI is InChI=1S/C33H33FN4O2/c1-33(2,3)31(28(39)18-17-24-16-15-23-7-4-5-8-25(23)24)36-32(40)29-26-9-6-10-27(34)30(26)38(37-29)20-22-13-11-21(19-35)12-14-22/h4-14,24,31H,15-18,20H2,1-3H3,(H,36,40). The average Bonchev–Trinajstić information content (AvgIpc) is 3.52. The molecule has 7 heteroatoms. The Morgan fingerprint density at radius 2 is 1.85 bits per heavy atom. The van der Waals surface area contributed by atoms with E-state index in [0.717, 1.165) is 24.8 Å². The third kappa shape index (κ3) is 5.53. The molecule has 204 valence electrons. The molecule has 1 aromatic heterocycles. The molecule has 2 atom stereocenters. The van der Waals surface area contributed by atoms with Crippen LogP contribution in [0.4, 0.5) is 4.39 Å². The number of nitrogens with zero attached hydrogens (tertiary/aromatic N) is 3. The number of halogens is 1. The van der Waals surface area contributed by atoms with Gasteiger partial charge in [-0.1, -0.05) is 69.3 Å². The summed E-state index contributed by atoms with van der Waals surface area (Å²) in [6.45, 7) is 6.02. The molecule has 5 rings (SSSR count). The van der Waals surface area contributed by atoms with Gasteiger partial charge in [0.15, 0.2) is 11.5 Å². The molecular weight excluding hydrogens is 503 g/mol. The quantitative estimate of drug-likeness (QED) is 0.285. The lowest BCUT2D eigenvalue weighted by Crippen LogP contribution is -2.49. The Hall–Kier alpha value is -4.31. The maximum atomic E-state index is 15.0. The van der Waals surface area contributed by atoms with Crippen LogP contribution in [0.3, 0.4) is 0 Å². The molecule has 1 N–H and O–H groups in total. The summed E-state index contributed by atoms with van der Waals surface area (Å²) in [6.07, 6.45) is 3.17. The first-order valence-electron chi connectivity index (χ1n) is 13.7. The van der Waals surface area contributed by atoms with Crippen molar-refractivity contribution in [2.75, 3.05) is 0 Å². The number of benzene rings is 3. The maximum absolute atomic E-state index is 15.0. The number of nitrogens with one attached hydrogen (secondary N) is 1. The zero-order chi connectivity index (χ0) is 28.4. The highest BCUT2D eigenvalue weighted by Gasteiger charge is 2.34. The summed E-state index contributed by atoms with van der Waals surface area (Å²) in [5, 5.41) is 16.9. The summed E-state index contributed by atoms with van der Waals surface area (Å²) >= 11 is 0. The number of nitriles is 1. The van der Waals surface area contributed by atoms with Gasteiger partial charge in [0.2, 0.25) is 0 Å². The Morgan fingerprint density at radius 3 is 2.58 bits per heavy atom. The minimum absolute atomic E-state index is 0.0160. The average molecular weight is 537 g/mol. The van der Waals surface area contributed by atoms with Crippen molar-refractivity contribution in [1.82, 2.24) is 15.1 Å². The lowest BCUT2D eigenvalue weighted by Gasteiger charge is -2.30. The predicted octanol–water partition coefficient (Wildman–Crippen LogP) is 6.32. The van der Waals surface area contributed by atoms with Gasteiger partial charge >= 0.3 is 0 Å². The molecule has 2 unspecified atom stereocenters. The first-order chi connectivity index (χ1) is 19.2. The molecule has 40 heavy (non-hydrogen) atoms. The number of para-hydroxylation sites is 1. The monoisotopic (exact) mass is 536 g/mol.